The van der Waals surface area contributed by atoms with Crippen LogP contribution in [0.25, 0.3) is 0 Å². The minimum atomic E-state index is -0.957. The second-order valence-corrected chi connectivity index (χ2v) is 3.89. The lowest BCUT2D eigenvalue weighted by atomic mass is 9.96. The second-order valence-electron chi connectivity index (χ2n) is 3.89. The van der Waals surface area contributed by atoms with Crippen molar-refractivity contribution in [3.05, 3.63) is 29.6 Å². The van der Waals surface area contributed by atoms with Gasteiger partial charge in [-0.2, -0.15) is 0 Å². The molecule has 0 aliphatic heterocycles. The fraction of sp³-hybridized carbons (Fsp3) is 0.417. The van der Waals surface area contributed by atoms with Crippen LogP contribution in [0.15, 0.2) is 18.2 Å². The SMILES string of the molecule is COc1ccc(C(=O)C(C)(C)OC)cc1F. The number of benzene rings is 1. The van der Waals surface area contributed by atoms with Crippen molar-refractivity contribution in [1.29, 1.82) is 0 Å². The average molecular weight is 226 g/mol. The second kappa shape index (κ2) is 4.61. The van der Waals surface area contributed by atoms with E-state index in [0.29, 0.717) is 0 Å². The number of carbonyl (C=O) groups excluding carboxylic acids is 1. The molecule has 16 heavy (non-hydrogen) atoms. The maximum absolute atomic E-state index is 13.4. The summed E-state index contributed by atoms with van der Waals surface area (Å²) in [4.78, 5) is 11.9. The van der Waals surface area contributed by atoms with Crippen LogP contribution in [-0.4, -0.2) is 25.6 Å². The Hall–Kier alpha value is -1.42. The molecule has 0 heterocycles. The van der Waals surface area contributed by atoms with Gasteiger partial charge in [0.15, 0.2) is 17.3 Å². The Morgan fingerprint density at radius 3 is 2.38 bits per heavy atom. The highest BCUT2D eigenvalue weighted by molar-refractivity contribution is 6.02. The fourth-order valence-corrected chi connectivity index (χ4v) is 1.25. The van der Waals surface area contributed by atoms with Gasteiger partial charge in [-0.05, 0) is 32.0 Å². The zero-order valence-electron chi connectivity index (χ0n) is 9.83. The van der Waals surface area contributed by atoms with Gasteiger partial charge in [-0.25, -0.2) is 4.39 Å². The van der Waals surface area contributed by atoms with Crippen LogP contribution in [0.5, 0.6) is 5.75 Å². The highest BCUT2D eigenvalue weighted by Gasteiger charge is 2.28. The summed E-state index contributed by atoms with van der Waals surface area (Å²) >= 11 is 0. The monoisotopic (exact) mass is 226 g/mol. The van der Waals surface area contributed by atoms with Crippen LogP contribution in [0.3, 0.4) is 0 Å². The molecule has 0 atom stereocenters. The predicted octanol–water partition coefficient (Wildman–Crippen LogP) is 2.44. The summed E-state index contributed by atoms with van der Waals surface area (Å²) in [5.74, 6) is -0.705. The van der Waals surface area contributed by atoms with Gasteiger partial charge in [-0.1, -0.05) is 0 Å². The zero-order valence-corrected chi connectivity index (χ0v) is 9.83. The van der Waals surface area contributed by atoms with E-state index in [1.54, 1.807) is 13.8 Å². The first kappa shape index (κ1) is 12.6. The molecule has 0 N–H and O–H groups in total. The summed E-state index contributed by atoms with van der Waals surface area (Å²) in [5, 5.41) is 0. The molecule has 4 heteroatoms. The summed E-state index contributed by atoms with van der Waals surface area (Å²) in [6, 6.07) is 4.10. The average Bonchev–Trinajstić information content (AvgIpc) is 2.27. The lowest BCUT2D eigenvalue weighted by molar-refractivity contribution is 0.0228. The summed E-state index contributed by atoms with van der Waals surface area (Å²) in [7, 11) is 2.82. The summed E-state index contributed by atoms with van der Waals surface area (Å²) in [6.45, 7) is 3.27. The van der Waals surface area contributed by atoms with Gasteiger partial charge in [0.25, 0.3) is 0 Å². The summed E-state index contributed by atoms with van der Waals surface area (Å²) in [6.07, 6.45) is 0. The van der Waals surface area contributed by atoms with E-state index in [4.69, 9.17) is 9.47 Å². The lowest BCUT2D eigenvalue weighted by Crippen LogP contribution is -2.33. The van der Waals surface area contributed by atoms with Crippen molar-refractivity contribution in [3.63, 3.8) is 0 Å². The molecule has 0 spiro atoms. The van der Waals surface area contributed by atoms with E-state index in [0.717, 1.165) is 6.07 Å². The number of halogens is 1. The molecular weight excluding hydrogens is 211 g/mol. The smallest absolute Gasteiger partial charge is 0.194 e. The van der Waals surface area contributed by atoms with E-state index in [-0.39, 0.29) is 17.1 Å². The molecule has 1 aromatic rings. The van der Waals surface area contributed by atoms with Crippen LogP contribution < -0.4 is 4.74 Å². The third kappa shape index (κ3) is 2.39. The third-order valence-corrected chi connectivity index (χ3v) is 2.47. The maximum Gasteiger partial charge on any atom is 0.194 e. The standard InChI is InChI=1S/C12H15FO3/c1-12(2,16-4)11(14)8-5-6-10(15-3)9(13)7-8/h5-7H,1-4H3. The van der Waals surface area contributed by atoms with E-state index in [1.165, 1.54) is 26.4 Å². The largest absolute Gasteiger partial charge is 0.494 e. The molecule has 0 aliphatic carbocycles. The van der Waals surface area contributed by atoms with Crippen molar-refractivity contribution in [2.24, 2.45) is 0 Å². The molecule has 0 aromatic heterocycles. The lowest BCUT2D eigenvalue weighted by Gasteiger charge is -2.21. The Balaban J connectivity index is 3.07. The first-order valence-corrected chi connectivity index (χ1v) is 4.86. The van der Waals surface area contributed by atoms with E-state index in [2.05, 4.69) is 0 Å². The van der Waals surface area contributed by atoms with Gasteiger partial charge in [0.05, 0.1) is 7.11 Å². The van der Waals surface area contributed by atoms with Crippen LogP contribution in [0, 0.1) is 5.82 Å². The topological polar surface area (TPSA) is 35.5 Å². The number of ketones is 1. The molecule has 0 saturated carbocycles. The van der Waals surface area contributed by atoms with Crippen molar-refractivity contribution in [1.82, 2.24) is 0 Å². The van der Waals surface area contributed by atoms with Crippen LogP contribution in [-0.2, 0) is 4.74 Å². The number of rotatable bonds is 4. The molecule has 3 nitrogen and oxygen atoms in total. The van der Waals surface area contributed by atoms with Crippen LogP contribution in [0.2, 0.25) is 0 Å². The first-order chi connectivity index (χ1) is 7.42. The minimum absolute atomic E-state index is 0.117. The van der Waals surface area contributed by atoms with Gasteiger partial charge in [-0.3, -0.25) is 4.79 Å². The van der Waals surface area contributed by atoms with Gasteiger partial charge in [0.1, 0.15) is 5.60 Å². The number of methoxy groups -OCH3 is 2. The van der Waals surface area contributed by atoms with Crippen molar-refractivity contribution in [2.45, 2.75) is 19.4 Å². The maximum atomic E-state index is 13.4. The van der Waals surface area contributed by atoms with Crippen molar-refractivity contribution in [2.75, 3.05) is 14.2 Å². The molecule has 0 fully saturated rings. The zero-order chi connectivity index (χ0) is 12.3. The Kier molecular flexibility index (Phi) is 3.65. The van der Waals surface area contributed by atoms with Crippen molar-refractivity contribution < 1.29 is 18.7 Å². The van der Waals surface area contributed by atoms with Crippen molar-refractivity contribution in [3.8, 4) is 5.75 Å². The molecule has 0 unspecified atom stereocenters. The number of carbonyl (C=O) groups is 1. The van der Waals surface area contributed by atoms with Crippen LogP contribution >= 0.6 is 0 Å². The summed E-state index contributed by atoms with van der Waals surface area (Å²) < 4.78 is 23.2. The number of Topliss-reactive ketones (excluding diaryl/α,β-unsaturated/α-hetero) is 1. The molecule has 0 aliphatic rings. The number of ether oxygens (including phenoxy) is 2. The number of hydrogen-bond donors (Lipinski definition) is 0. The van der Waals surface area contributed by atoms with E-state index in [9.17, 15) is 9.18 Å². The van der Waals surface area contributed by atoms with Crippen LogP contribution in [0.1, 0.15) is 24.2 Å². The Morgan fingerprint density at radius 2 is 1.94 bits per heavy atom. The molecular formula is C12H15FO3. The normalized spacial score (nSPS) is 11.3. The van der Waals surface area contributed by atoms with Crippen LogP contribution in [0.4, 0.5) is 4.39 Å². The Morgan fingerprint density at radius 1 is 1.31 bits per heavy atom. The van der Waals surface area contributed by atoms with Gasteiger partial charge in [0, 0.05) is 12.7 Å². The van der Waals surface area contributed by atoms with Gasteiger partial charge < -0.3 is 9.47 Å². The quantitative estimate of drug-likeness (QED) is 0.740. The predicted molar refractivity (Wildman–Crippen MR) is 58.4 cm³/mol. The van der Waals surface area contributed by atoms with Crippen molar-refractivity contribution >= 4 is 5.78 Å². The van der Waals surface area contributed by atoms with E-state index < -0.39 is 11.4 Å². The summed E-state index contributed by atoms with van der Waals surface area (Å²) in [5.41, 5.74) is -0.689. The third-order valence-electron chi connectivity index (χ3n) is 2.47. The fourth-order valence-electron chi connectivity index (χ4n) is 1.25. The Bertz CT molecular complexity index is 399. The number of hydrogen-bond acceptors (Lipinski definition) is 3. The highest BCUT2D eigenvalue weighted by Crippen LogP contribution is 2.22. The molecule has 0 bridgehead atoms. The van der Waals surface area contributed by atoms with E-state index in [1.807, 2.05) is 0 Å². The highest BCUT2D eigenvalue weighted by atomic mass is 19.1. The minimum Gasteiger partial charge on any atom is -0.494 e. The van der Waals surface area contributed by atoms with E-state index >= 15 is 0 Å². The first-order valence-electron chi connectivity index (χ1n) is 4.86. The molecule has 0 amide bonds. The molecule has 1 aromatic carbocycles. The van der Waals surface area contributed by atoms with Gasteiger partial charge in [-0.15, -0.1) is 0 Å². The molecule has 0 saturated heterocycles. The van der Waals surface area contributed by atoms with Gasteiger partial charge >= 0.3 is 0 Å². The Labute approximate surface area is 94.2 Å². The van der Waals surface area contributed by atoms with Gasteiger partial charge in [0.2, 0.25) is 0 Å². The molecule has 0 radical (unpaired) electrons. The molecule has 88 valence electrons. The molecule has 1 rings (SSSR count).